The Morgan fingerprint density at radius 1 is 1.45 bits per heavy atom. The molecule has 0 bridgehead atoms. The molecule has 7 nitrogen and oxygen atoms in total. The largest absolute Gasteiger partial charge is 0.489 e. The molecular formula is C13H16FN3O4S. The van der Waals surface area contributed by atoms with E-state index in [1.165, 1.54) is 23.1 Å². The fourth-order valence-corrected chi connectivity index (χ4v) is 2.74. The van der Waals surface area contributed by atoms with E-state index in [4.69, 9.17) is 9.84 Å². The van der Waals surface area contributed by atoms with Gasteiger partial charge >= 0.3 is 0 Å². The summed E-state index contributed by atoms with van der Waals surface area (Å²) in [4.78, 5) is -0.00761. The molecule has 2 aromatic rings. The Kier molecular flexibility index (Phi) is 4.99. The number of aromatic nitrogens is 2. The van der Waals surface area contributed by atoms with Crippen molar-refractivity contribution in [2.45, 2.75) is 18.4 Å². The summed E-state index contributed by atoms with van der Waals surface area (Å²) in [6, 6.07) is 3.41. The lowest BCUT2D eigenvalue weighted by Gasteiger charge is -2.12. The van der Waals surface area contributed by atoms with Gasteiger partial charge in [-0.1, -0.05) is 0 Å². The normalized spacial score (nSPS) is 11.4. The predicted octanol–water partition coefficient (Wildman–Crippen LogP) is 1.21. The van der Waals surface area contributed by atoms with Crippen LogP contribution in [0.25, 0.3) is 0 Å². The Hall–Kier alpha value is -2.13. The highest BCUT2D eigenvalue weighted by Crippen LogP contribution is 2.27. The van der Waals surface area contributed by atoms with Crippen LogP contribution in [0.4, 0.5) is 10.1 Å². The zero-order valence-corrected chi connectivity index (χ0v) is 12.7. The molecule has 120 valence electrons. The molecule has 0 radical (unpaired) electrons. The van der Waals surface area contributed by atoms with E-state index in [1.54, 1.807) is 0 Å². The third-order valence-corrected chi connectivity index (χ3v) is 4.10. The lowest BCUT2D eigenvalue weighted by Crippen LogP contribution is -2.14. The van der Waals surface area contributed by atoms with E-state index in [-0.39, 0.29) is 29.5 Å². The van der Waals surface area contributed by atoms with Crippen LogP contribution in [0.2, 0.25) is 0 Å². The average molecular weight is 329 g/mol. The number of anilines is 1. The van der Waals surface area contributed by atoms with Crippen LogP contribution in [0, 0.1) is 5.82 Å². The van der Waals surface area contributed by atoms with E-state index in [2.05, 4.69) is 9.82 Å². The minimum atomic E-state index is -3.86. The Morgan fingerprint density at radius 2 is 2.23 bits per heavy atom. The van der Waals surface area contributed by atoms with Crippen molar-refractivity contribution in [2.75, 3.05) is 17.9 Å². The second-order valence-electron chi connectivity index (χ2n) is 4.35. The van der Waals surface area contributed by atoms with Gasteiger partial charge in [0.2, 0.25) is 0 Å². The molecule has 9 heteroatoms. The molecule has 1 aromatic carbocycles. The highest BCUT2D eigenvalue weighted by molar-refractivity contribution is 7.92. The topological polar surface area (TPSA) is 93.5 Å². The van der Waals surface area contributed by atoms with Gasteiger partial charge in [-0.15, -0.1) is 0 Å². The first-order valence-electron chi connectivity index (χ1n) is 6.54. The van der Waals surface area contributed by atoms with Crippen LogP contribution in [-0.4, -0.2) is 36.5 Å². The maximum absolute atomic E-state index is 13.2. The number of benzene rings is 1. The number of nitrogens with zero attached hydrogens (tertiary/aromatic N) is 2. The molecule has 22 heavy (non-hydrogen) atoms. The quantitative estimate of drug-likeness (QED) is 0.796. The first kappa shape index (κ1) is 16.2. The van der Waals surface area contributed by atoms with Crippen molar-refractivity contribution >= 4 is 15.7 Å². The van der Waals surface area contributed by atoms with Crippen molar-refractivity contribution in [1.29, 1.82) is 0 Å². The Bertz CT molecular complexity index is 745. The van der Waals surface area contributed by atoms with Crippen LogP contribution in [0.15, 0.2) is 35.5 Å². The summed E-state index contributed by atoms with van der Waals surface area (Å²) in [5.74, 6) is -0.574. The van der Waals surface area contributed by atoms with Crippen LogP contribution in [-0.2, 0) is 16.6 Å². The molecule has 2 N–H and O–H groups in total. The Balaban J connectivity index is 2.28. The lowest BCUT2D eigenvalue weighted by atomic mass is 10.3. The number of hydrogen-bond acceptors (Lipinski definition) is 5. The zero-order valence-electron chi connectivity index (χ0n) is 11.9. The number of aliphatic hydroxyl groups is 1. The summed E-state index contributed by atoms with van der Waals surface area (Å²) in [7, 11) is -3.86. The van der Waals surface area contributed by atoms with E-state index in [1.807, 2.05) is 6.92 Å². The van der Waals surface area contributed by atoms with E-state index in [0.29, 0.717) is 6.54 Å². The molecule has 0 spiro atoms. The SMILES string of the molecule is CCn1cc(S(=O)(=O)Nc2ccc(F)cc2OCCO)cn1. The minimum Gasteiger partial charge on any atom is -0.489 e. The Labute approximate surface area is 127 Å². The van der Waals surface area contributed by atoms with Gasteiger partial charge in [0, 0.05) is 18.8 Å². The van der Waals surface area contributed by atoms with Crippen LogP contribution >= 0.6 is 0 Å². The molecule has 0 unspecified atom stereocenters. The maximum atomic E-state index is 13.2. The van der Waals surface area contributed by atoms with E-state index >= 15 is 0 Å². The van der Waals surface area contributed by atoms with Crippen LogP contribution < -0.4 is 9.46 Å². The van der Waals surface area contributed by atoms with Gasteiger partial charge in [0.1, 0.15) is 23.1 Å². The number of ether oxygens (including phenoxy) is 1. The molecule has 0 saturated carbocycles. The summed E-state index contributed by atoms with van der Waals surface area (Å²) >= 11 is 0. The molecular weight excluding hydrogens is 313 g/mol. The lowest BCUT2D eigenvalue weighted by molar-refractivity contribution is 0.201. The number of halogens is 1. The Morgan fingerprint density at radius 3 is 2.86 bits per heavy atom. The monoisotopic (exact) mass is 329 g/mol. The maximum Gasteiger partial charge on any atom is 0.265 e. The highest BCUT2D eigenvalue weighted by Gasteiger charge is 2.19. The van der Waals surface area contributed by atoms with Gasteiger partial charge in [-0.05, 0) is 19.1 Å². The van der Waals surface area contributed by atoms with Crippen molar-refractivity contribution in [2.24, 2.45) is 0 Å². The molecule has 1 heterocycles. The first-order chi connectivity index (χ1) is 10.5. The molecule has 0 aliphatic carbocycles. The minimum absolute atomic E-state index is 0.000471. The smallest absolute Gasteiger partial charge is 0.265 e. The van der Waals surface area contributed by atoms with Gasteiger partial charge < -0.3 is 9.84 Å². The second kappa shape index (κ2) is 6.75. The van der Waals surface area contributed by atoms with E-state index in [0.717, 1.165) is 12.1 Å². The fourth-order valence-electron chi connectivity index (χ4n) is 1.72. The number of nitrogens with one attached hydrogen (secondary N) is 1. The number of hydrogen-bond donors (Lipinski definition) is 2. The summed E-state index contributed by atoms with van der Waals surface area (Å²) in [5.41, 5.74) is 0.0825. The molecule has 0 atom stereocenters. The first-order valence-corrected chi connectivity index (χ1v) is 8.03. The zero-order chi connectivity index (χ0) is 16.2. The van der Waals surface area contributed by atoms with Crippen LogP contribution in [0.1, 0.15) is 6.92 Å². The number of rotatable bonds is 7. The third kappa shape index (κ3) is 3.74. The van der Waals surface area contributed by atoms with Gasteiger partial charge in [-0.3, -0.25) is 9.40 Å². The molecule has 0 aliphatic rings. The molecule has 0 fully saturated rings. The predicted molar refractivity (Wildman–Crippen MR) is 77.7 cm³/mol. The number of aliphatic hydroxyl groups excluding tert-OH is 1. The highest BCUT2D eigenvalue weighted by atomic mass is 32.2. The fraction of sp³-hybridized carbons (Fsp3) is 0.308. The summed E-state index contributed by atoms with van der Waals surface area (Å²) in [5, 5.41) is 12.7. The molecule has 2 rings (SSSR count). The van der Waals surface area contributed by atoms with Gasteiger partial charge in [0.05, 0.1) is 18.5 Å². The second-order valence-corrected chi connectivity index (χ2v) is 6.03. The standard InChI is InChI=1S/C13H16FN3O4S/c1-2-17-9-11(8-15-17)22(19,20)16-12-4-3-10(14)7-13(12)21-6-5-18/h3-4,7-9,16,18H,2,5-6H2,1H3. The van der Waals surface area contributed by atoms with Crippen LogP contribution in [0.5, 0.6) is 5.75 Å². The molecule has 1 aromatic heterocycles. The number of aryl methyl sites for hydroxylation is 1. The number of sulfonamides is 1. The average Bonchev–Trinajstić information content (AvgIpc) is 2.97. The van der Waals surface area contributed by atoms with Crippen molar-refractivity contribution in [3.05, 3.63) is 36.4 Å². The van der Waals surface area contributed by atoms with E-state index in [9.17, 15) is 12.8 Å². The van der Waals surface area contributed by atoms with Crippen molar-refractivity contribution in [3.8, 4) is 5.75 Å². The van der Waals surface area contributed by atoms with E-state index < -0.39 is 15.8 Å². The molecule has 0 saturated heterocycles. The molecule has 0 aliphatic heterocycles. The van der Waals surface area contributed by atoms with Crippen molar-refractivity contribution < 1.29 is 22.7 Å². The van der Waals surface area contributed by atoms with Gasteiger partial charge in [-0.25, -0.2) is 12.8 Å². The van der Waals surface area contributed by atoms with Crippen molar-refractivity contribution in [3.63, 3.8) is 0 Å². The van der Waals surface area contributed by atoms with Crippen LogP contribution in [0.3, 0.4) is 0 Å². The van der Waals surface area contributed by atoms with Crippen molar-refractivity contribution in [1.82, 2.24) is 9.78 Å². The summed E-state index contributed by atoms with van der Waals surface area (Å²) < 4.78 is 46.7. The third-order valence-electron chi connectivity index (χ3n) is 2.78. The summed E-state index contributed by atoms with van der Waals surface area (Å²) in [6.45, 7) is 2.02. The van der Waals surface area contributed by atoms with Gasteiger partial charge in [0.25, 0.3) is 10.0 Å². The van der Waals surface area contributed by atoms with Gasteiger partial charge in [-0.2, -0.15) is 5.10 Å². The summed E-state index contributed by atoms with van der Waals surface area (Å²) in [6.07, 6.45) is 2.61. The molecule has 0 amide bonds. The van der Waals surface area contributed by atoms with Gasteiger partial charge in [0.15, 0.2) is 0 Å².